The molecule has 0 fully saturated rings. The van der Waals surface area contributed by atoms with Crippen LogP contribution in [0.15, 0.2) is 60.9 Å². The lowest BCUT2D eigenvalue weighted by molar-refractivity contribution is -0.137. The molecule has 6 nitrogen and oxygen atoms in total. The summed E-state index contributed by atoms with van der Waals surface area (Å²) in [5.74, 6) is -0.486. The van der Waals surface area contributed by atoms with Gasteiger partial charge in [-0.25, -0.2) is 9.78 Å². The summed E-state index contributed by atoms with van der Waals surface area (Å²) in [4.78, 5) is 20.1. The Labute approximate surface area is 180 Å². The second-order valence-electron chi connectivity index (χ2n) is 7.40. The van der Waals surface area contributed by atoms with Gasteiger partial charge in [-0.3, -0.25) is 9.55 Å². The Hall–Kier alpha value is -3.88. The Balaban J connectivity index is 1.76. The molecule has 0 saturated carbocycles. The molecule has 0 radical (unpaired) electrons. The van der Waals surface area contributed by atoms with Gasteiger partial charge in [-0.05, 0) is 62.4 Å². The van der Waals surface area contributed by atoms with Crippen molar-refractivity contribution in [3.63, 3.8) is 0 Å². The van der Waals surface area contributed by atoms with Crippen LogP contribution in [0.3, 0.4) is 0 Å². The minimum absolute atomic E-state index is 0.00161. The van der Waals surface area contributed by atoms with E-state index in [0.717, 1.165) is 12.3 Å². The van der Waals surface area contributed by atoms with Crippen LogP contribution in [0.2, 0.25) is 0 Å². The number of halogens is 3. The maximum Gasteiger partial charge on any atom is 0.417 e. The highest BCUT2D eigenvalue weighted by Crippen LogP contribution is 2.31. The van der Waals surface area contributed by atoms with Crippen molar-refractivity contribution in [1.82, 2.24) is 14.5 Å². The molecule has 4 aromatic rings. The van der Waals surface area contributed by atoms with Gasteiger partial charge in [0.2, 0.25) is 0 Å². The van der Waals surface area contributed by atoms with Gasteiger partial charge in [-0.2, -0.15) is 13.2 Å². The van der Waals surface area contributed by atoms with Crippen LogP contribution in [0, 0.1) is 0 Å². The first kappa shape index (κ1) is 21.4. The van der Waals surface area contributed by atoms with E-state index in [1.54, 1.807) is 30.3 Å². The lowest BCUT2D eigenvalue weighted by atomic mass is 10.1. The molecule has 0 saturated heterocycles. The molecule has 1 N–H and O–H groups in total. The Morgan fingerprint density at radius 1 is 1.03 bits per heavy atom. The van der Waals surface area contributed by atoms with Crippen LogP contribution in [0.5, 0.6) is 5.75 Å². The molecule has 0 aliphatic rings. The Bertz CT molecular complexity index is 1280. The standard InChI is InChI=1S/C23H18F3N3O3/c1-13(2)32-18-6-4-17(5-7-18)29-20(22(30)31)10-14-9-15(11-28-21(14)29)19-8-3-16(12-27-19)23(24,25)26/h3-13H,1-2H3,(H,30,31). The lowest BCUT2D eigenvalue weighted by Crippen LogP contribution is -2.08. The minimum atomic E-state index is -4.48. The summed E-state index contributed by atoms with van der Waals surface area (Å²) in [6.07, 6.45) is -2.26. The van der Waals surface area contributed by atoms with Crippen molar-refractivity contribution in [2.45, 2.75) is 26.1 Å². The normalized spacial score (nSPS) is 11.8. The maximum atomic E-state index is 12.8. The number of alkyl halides is 3. The van der Waals surface area contributed by atoms with Gasteiger partial charge < -0.3 is 9.84 Å². The smallest absolute Gasteiger partial charge is 0.417 e. The molecule has 0 atom stereocenters. The van der Waals surface area contributed by atoms with Gasteiger partial charge in [-0.15, -0.1) is 0 Å². The zero-order valence-corrected chi connectivity index (χ0v) is 17.1. The molecule has 9 heteroatoms. The second-order valence-corrected chi connectivity index (χ2v) is 7.40. The van der Waals surface area contributed by atoms with E-state index >= 15 is 0 Å². The van der Waals surface area contributed by atoms with E-state index in [2.05, 4.69) is 9.97 Å². The SMILES string of the molecule is CC(C)Oc1ccc(-n2c(C(=O)O)cc3cc(-c4ccc(C(F)(F)F)cn4)cnc32)cc1. The first-order valence-electron chi connectivity index (χ1n) is 9.69. The van der Waals surface area contributed by atoms with Gasteiger partial charge >= 0.3 is 12.1 Å². The van der Waals surface area contributed by atoms with E-state index in [0.29, 0.717) is 33.7 Å². The van der Waals surface area contributed by atoms with Gasteiger partial charge in [0, 0.05) is 29.0 Å². The monoisotopic (exact) mass is 441 g/mol. The third kappa shape index (κ3) is 4.14. The quantitative estimate of drug-likeness (QED) is 0.437. The minimum Gasteiger partial charge on any atom is -0.491 e. The molecule has 0 unspecified atom stereocenters. The number of ether oxygens (including phenoxy) is 1. The van der Waals surface area contributed by atoms with E-state index in [-0.39, 0.29) is 11.8 Å². The molecule has 0 amide bonds. The van der Waals surface area contributed by atoms with Crippen molar-refractivity contribution in [1.29, 1.82) is 0 Å². The van der Waals surface area contributed by atoms with Crippen LogP contribution in [0.25, 0.3) is 28.0 Å². The molecule has 164 valence electrons. The van der Waals surface area contributed by atoms with Crippen molar-refractivity contribution < 1.29 is 27.8 Å². The number of aromatic nitrogens is 3. The highest BCUT2D eigenvalue weighted by Gasteiger charge is 2.30. The van der Waals surface area contributed by atoms with Crippen molar-refractivity contribution >= 4 is 17.0 Å². The molecular weight excluding hydrogens is 423 g/mol. The van der Waals surface area contributed by atoms with Gasteiger partial charge in [-0.1, -0.05) is 0 Å². The number of fused-ring (bicyclic) bond motifs is 1. The molecule has 4 rings (SSSR count). The first-order valence-corrected chi connectivity index (χ1v) is 9.69. The number of aromatic carboxylic acids is 1. The second kappa shape index (κ2) is 7.99. The summed E-state index contributed by atoms with van der Waals surface area (Å²) in [7, 11) is 0. The van der Waals surface area contributed by atoms with Crippen LogP contribution in [0.4, 0.5) is 13.2 Å². The van der Waals surface area contributed by atoms with Crippen molar-refractivity contribution in [3.8, 4) is 22.7 Å². The summed E-state index contributed by atoms with van der Waals surface area (Å²) >= 11 is 0. The molecule has 0 aliphatic carbocycles. The predicted molar refractivity (Wildman–Crippen MR) is 112 cm³/mol. The molecule has 0 aliphatic heterocycles. The summed E-state index contributed by atoms with van der Waals surface area (Å²) in [5.41, 5.74) is 0.910. The molecule has 3 aromatic heterocycles. The summed E-state index contributed by atoms with van der Waals surface area (Å²) in [5, 5.41) is 10.2. The van der Waals surface area contributed by atoms with Crippen LogP contribution >= 0.6 is 0 Å². The van der Waals surface area contributed by atoms with Crippen LogP contribution in [-0.4, -0.2) is 31.7 Å². The fourth-order valence-corrected chi connectivity index (χ4v) is 3.33. The number of benzene rings is 1. The van der Waals surface area contributed by atoms with E-state index in [4.69, 9.17) is 4.74 Å². The summed E-state index contributed by atoms with van der Waals surface area (Å²) in [6, 6.07) is 12.3. The topological polar surface area (TPSA) is 77.2 Å². The number of carboxylic acids is 1. The number of nitrogens with zero attached hydrogens (tertiary/aromatic N) is 3. The van der Waals surface area contributed by atoms with Crippen molar-refractivity contribution in [2.75, 3.05) is 0 Å². The zero-order chi connectivity index (χ0) is 23.0. The van der Waals surface area contributed by atoms with E-state index < -0.39 is 17.7 Å². The molecule has 1 aromatic carbocycles. The molecule has 0 spiro atoms. The number of hydrogen-bond donors (Lipinski definition) is 1. The van der Waals surface area contributed by atoms with Gasteiger partial charge in [0.25, 0.3) is 0 Å². The number of rotatable bonds is 5. The molecule has 3 heterocycles. The Kier molecular flexibility index (Phi) is 5.33. The highest BCUT2D eigenvalue weighted by atomic mass is 19.4. The number of pyridine rings is 2. The Morgan fingerprint density at radius 2 is 1.75 bits per heavy atom. The predicted octanol–water partition coefficient (Wildman–Crippen LogP) is 5.59. The molecular formula is C23H18F3N3O3. The van der Waals surface area contributed by atoms with Crippen LogP contribution in [0.1, 0.15) is 29.9 Å². The highest BCUT2D eigenvalue weighted by molar-refractivity contribution is 5.95. The fourth-order valence-electron chi connectivity index (χ4n) is 3.33. The van der Waals surface area contributed by atoms with Gasteiger partial charge in [0.05, 0.1) is 17.4 Å². The largest absolute Gasteiger partial charge is 0.491 e. The Morgan fingerprint density at radius 3 is 2.31 bits per heavy atom. The molecule has 32 heavy (non-hydrogen) atoms. The first-order chi connectivity index (χ1) is 15.1. The third-order valence-electron chi connectivity index (χ3n) is 4.71. The summed E-state index contributed by atoms with van der Waals surface area (Å²) < 4.78 is 45.5. The third-order valence-corrected chi connectivity index (χ3v) is 4.71. The van der Waals surface area contributed by atoms with Crippen LogP contribution < -0.4 is 4.74 Å². The lowest BCUT2D eigenvalue weighted by Gasteiger charge is -2.12. The average molecular weight is 441 g/mol. The van der Waals surface area contributed by atoms with Crippen LogP contribution in [-0.2, 0) is 6.18 Å². The summed E-state index contributed by atoms with van der Waals surface area (Å²) in [6.45, 7) is 3.81. The van der Waals surface area contributed by atoms with Gasteiger partial charge in [0.15, 0.2) is 0 Å². The van der Waals surface area contributed by atoms with E-state index in [1.807, 2.05) is 13.8 Å². The fraction of sp³-hybridized carbons (Fsp3) is 0.174. The average Bonchev–Trinajstić information content (AvgIpc) is 3.12. The van der Waals surface area contributed by atoms with E-state index in [1.165, 1.54) is 22.9 Å². The number of hydrogen-bond acceptors (Lipinski definition) is 4. The van der Waals surface area contributed by atoms with E-state index in [9.17, 15) is 23.1 Å². The number of carbonyl (C=O) groups is 1. The zero-order valence-electron chi connectivity index (χ0n) is 17.1. The van der Waals surface area contributed by atoms with Crippen molar-refractivity contribution in [2.24, 2.45) is 0 Å². The van der Waals surface area contributed by atoms with Crippen molar-refractivity contribution in [3.05, 3.63) is 72.2 Å². The van der Waals surface area contributed by atoms with Gasteiger partial charge in [0.1, 0.15) is 17.1 Å². The molecule has 0 bridgehead atoms. The maximum absolute atomic E-state index is 12.8. The number of carboxylic acid groups (broad SMARTS) is 1.